The second-order valence-corrected chi connectivity index (χ2v) is 4.93. The molecule has 0 radical (unpaired) electrons. The minimum atomic E-state index is 0.385. The van der Waals surface area contributed by atoms with Crippen LogP contribution in [0.1, 0.15) is 31.2 Å². The van der Waals surface area contributed by atoms with Crippen molar-refractivity contribution in [1.29, 1.82) is 0 Å². The van der Waals surface area contributed by atoms with E-state index in [1.54, 1.807) is 12.4 Å². The zero-order valence-corrected chi connectivity index (χ0v) is 11.2. The number of pyridine rings is 1. The minimum absolute atomic E-state index is 0.385. The van der Waals surface area contributed by atoms with Gasteiger partial charge in [-0.05, 0) is 31.7 Å². The van der Waals surface area contributed by atoms with Crippen LogP contribution in [-0.2, 0) is 4.74 Å². The monoisotopic (exact) mass is 265 g/mol. The van der Waals surface area contributed by atoms with Crippen LogP contribution in [0.5, 0.6) is 0 Å². The van der Waals surface area contributed by atoms with Crippen molar-refractivity contribution in [3.05, 3.63) is 24.0 Å². The third-order valence-corrected chi connectivity index (χ3v) is 3.36. The van der Waals surface area contributed by atoms with E-state index in [4.69, 9.17) is 22.7 Å². The molecule has 2 rings (SSSR count). The topological polar surface area (TPSA) is 60.2 Å². The Bertz CT molecular complexity index is 405. The molecule has 98 valence electrons. The molecule has 0 aliphatic carbocycles. The van der Waals surface area contributed by atoms with Gasteiger partial charge in [-0.25, -0.2) is 0 Å². The normalized spacial score (nSPS) is 19.4. The van der Waals surface area contributed by atoms with E-state index >= 15 is 0 Å². The first kappa shape index (κ1) is 13.2. The molecule has 0 aromatic carbocycles. The Balaban J connectivity index is 1.84. The Morgan fingerprint density at radius 3 is 3.17 bits per heavy atom. The van der Waals surface area contributed by atoms with Crippen LogP contribution in [0.3, 0.4) is 0 Å². The number of hydrogen-bond acceptors (Lipinski definition) is 4. The lowest BCUT2D eigenvalue weighted by atomic mass is 10.1. The maximum atomic E-state index is 5.69. The second kappa shape index (κ2) is 6.66. The molecule has 5 heteroatoms. The molecular formula is C13H19N3OS. The van der Waals surface area contributed by atoms with Gasteiger partial charge in [0.05, 0.1) is 18.0 Å². The third-order valence-electron chi connectivity index (χ3n) is 3.14. The molecule has 4 nitrogen and oxygen atoms in total. The highest BCUT2D eigenvalue weighted by atomic mass is 32.1. The van der Waals surface area contributed by atoms with Crippen molar-refractivity contribution in [2.75, 3.05) is 18.5 Å². The van der Waals surface area contributed by atoms with Crippen molar-refractivity contribution in [3.63, 3.8) is 0 Å². The molecular weight excluding hydrogens is 246 g/mol. The minimum Gasteiger partial charge on any atom is -0.389 e. The number of hydrogen-bond donors (Lipinski definition) is 2. The average Bonchev–Trinajstić information content (AvgIpc) is 2.40. The van der Waals surface area contributed by atoms with Gasteiger partial charge in [-0.2, -0.15) is 0 Å². The average molecular weight is 265 g/mol. The summed E-state index contributed by atoms with van der Waals surface area (Å²) < 4.78 is 5.69. The zero-order valence-electron chi connectivity index (χ0n) is 10.4. The van der Waals surface area contributed by atoms with Crippen LogP contribution in [0, 0.1) is 0 Å². The first-order valence-electron chi connectivity index (χ1n) is 6.36. The fraction of sp³-hybridized carbons (Fsp3) is 0.538. The molecule has 1 unspecified atom stereocenters. The number of nitrogens with one attached hydrogen (secondary N) is 1. The number of ether oxygens (including phenoxy) is 1. The Hall–Kier alpha value is -1.20. The standard InChI is InChI=1S/C13H19N3OS/c14-13(18)11-5-6-15-9-12(11)16-7-4-10-3-1-2-8-17-10/h5-6,9-10,16H,1-4,7-8H2,(H2,14,18). The number of nitrogens with two attached hydrogens (primary N) is 1. The van der Waals surface area contributed by atoms with E-state index in [-0.39, 0.29) is 0 Å². The van der Waals surface area contributed by atoms with E-state index in [1.807, 2.05) is 6.07 Å². The first-order chi connectivity index (χ1) is 8.77. The summed E-state index contributed by atoms with van der Waals surface area (Å²) in [5.74, 6) is 0. The smallest absolute Gasteiger partial charge is 0.106 e. The molecule has 0 saturated carbocycles. The van der Waals surface area contributed by atoms with Gasteiger partial charge in [0.25, 0.3) is 0 Å². The lowest BCUT2D eigenvalue weighted by Crippen LogP contribution is -2.22. The summed E-state index contributed by atoms with van der Waals surface area (Å²) in [6.45, 7) is 1.75. The molecule has 18 heavy (non-hydrogen) atoms. The zero-order chi connectivity index (χ0) is 12.8. The first-order valence-corrected chi connectivity index (χ1v) is 6.77. The largest absolute Gasteiger partial charge is 0.389 e. The second-order valence-electron chi connectivity index (χ2n) is 4.49. The van der Waals surface area contributed by atoms with Crippen LogP contribution >= 0.6 is 12.2 Å². The van der Waals surface area contributed by atoms with E-state index < -0.39 is 0 Å². The van der Waals surface area contributed by atoms with Crippen LogP contribution in [0.2, 0.25) is 0 Å². The van der Waals surface area contributed by atoms with Gasteiger partial charge in [-0.15, -0.1) is 0 Å². The predicted molar refractivity (Wildman–Crippen MR) is 76.8 cm³/mol. The third kappa shape index (κ3) is 3.65. The van der Waals surface area contributed by atoms with E-state index in [2.05, 4.69) is 10.3 Å². The molecule has 3 N–H and O–H groups in total. The molecule has 1 aromatic heterocycles. The summed E-state index contributed by atoms with van der Waals surface area (Å²) in [6, 6.07) is 1.84. The molecule has 0 amide bonds. The van der Waals surface area contributed by atoms with Gasteiger partial charge in [-0.1, -0.05) is 12.2 Å². The van der Waals surface area contributed by atoms with Crippen molar-refractivity contribution in [3.8, 4) is 0 Å². The maximum absolute atomic E-state index is 5.69. The van der Waals surface area contributed by atoms with Crippen molar-refractivity contribution in [2.24, 2.45) is 5.73 Å². The van der Waals surface area contributed by atoms with Crippen LogP contribution in [-0.4, -0.2) is 29.2 Å². The maximum Gasteiger partial charge on any atom is 0.106 e. The summed E-state index contributed by atoms with van der Waals surface area (Å²) in [4.78, 5) is 4.48. The lowest BCUT2D eigenvalue weighted by Gasteiger charge is -2.22. The van der Waals surface area contributed by atoms with Gasteiger partial charge in [0.15, 0.2) is 0 Å². The number of nitrogens with zero attached hydrogens (tertiary/aromatic N) is 1. The summed E-state index contributed by atoms with van der Waals surface area (Å²) in [5, 5.41) is 3.33. The van der Waals surface area contributed by atoms with Crippen LogP contribution in [0.15, 0.2) is 18.5 Å². The molecule has 2 heterocycles. The molecule has 0 bridgehead atoms. The van der Waals surface area contributed by atoms with Gasteiger partial charge in [0.1, 0.15) is 4.99 Å². The Morgan fingerprint density at radius 1 is 1.56 bits per heavy atom. The number of aromatic nitrogens is 1. The number of rotatable bonds is 5. The molecule has 1 aliphatic heterocycles. The van der Waals surface area contributed by atoms with Gasteiger partial charge in [0, 0.05) is 24.9 Å². The van der Waals surface area contributed by atoms with Crippen molar-refractivity contribution in [1.82, 2.24) is 4.98 Å². The van der Waals surface area contributed by atoms with E-state index in [0.717, 1.165) is 37.2 Å². The van der Waals surface area contributed by atoms with Gasteiger partial charge >= 0.3 is 0 Å². The summed E-state index contributed by atoms with van der Waals surface area (Å²) >= 11 is 5.01. The van der Waals surface area contributed by atoms with Crippen LogP contribution in [0.4, 0.5) is 5.69 Å². The highest BCUT2D eigenvalue weighted by Gasteiger charge is 2.13. The highest BCUT2D eigenvalue weighted by molar-refractivity contribution is 7.80. The number of anilines is 1. The fourth-order valence-corrected chi connectivity index (χ4v) is 2.33. The molecule has 1 fully saturated rings. The SMILES string of the molecule is NC(=S)c1ccncc1NCCC1CCCCO1. The summed E-state index contributed by atoms with van der Waals surface area (Å²) in [5.41, 5.74) is 7.42. The molecule has 1 aromatic rings. The Kier molecular flexibility index (Phi) is 4.90. The summed E-state index contributed by atoms with van der Waals surface area (Å²) in [6.07, 6.45) is 8.48. The highest BCUT2D eigenvalue weighted by Crippen LogP contribution is 2.17. The van der Waals surface area contributed by atoms with Gasteiger partial charge in [-0.3, -0.25) is 4.98 Å². The Morgan fingerprint density at radius 2 is 2.44 bits per heavy atom. The number of thiocarbonyl (C=S) groups is 1. The van der Waals surface area contributed by atoms with Crippen molar-refractivity contribution in [2.45, 2.75) is 31.8 Å². The fourth-order valence-electron chi connectivity index (χ4n) is 2.15. The van der Waals surface area contributed by atoms with E-state index in [1.165, 1.54) is 12.8 Å². The molecule has 0 spiro atoms. The van der Waals surface area contributed by atoms with E-state index in [9.17, 15) is 0 Å². The quantitative estimate of drug-likeness (QED) is 0.798. The molecule has 1 saturated heterocycles. The summed E-state index contributed by atoms with van der Waals surface area (Å²) in [7, 11) is 0. The van der Waals surface area contributed by atoms with Crippen LogP contribution in [0.25, 0.3) is 0 Å². The van der Waals surface area contributed by atoms with Gasteiger partial charge in [0.2, 0.25) is 0 Å². The van der Waals surface area contributed by atoms with E-state index in [0.29, 0.717) is 11.1 Å². The molecule has 1 aliphatic rings. The molecule has 1 atom stereocenters. The van der Waals surface area contributed by atoms with Gasteiger partial charge < -0.3 is 15.8 Å². The van der Waals surface area contributed by atoms with Crippen LogP contribution < -0.4 is 11.1 Å². The Labute approximate surface area is 113 Å². The van der Waals surface area contributed by atoms with Crippen molar-refractivity contribution >= 4 is 22.9 Å². The van der Waals surface area contributed by atoms with Crippen molar-refractivity contribution < 1.29 is 4.74 Å². The predicted octanol–water partition coefficient (Wildman–Crippen LogP) is 2.09. The lowest BCUT2D eigenvalue weighted by molar-refractivity contribution is 0.0134.